The molecular weight excluding hydrogens is 498 g/mol. The molecule has 2 aromatic rings. The van der Waals surface area contributed by atoms with E-state index in [2.05, 4.69) is 16.0 Å². The van der Waals surface area contributed by atoms with Gasteiger partial charge in [0.05, 0.1) is 6.04 Å². The van der Waals surface area contributed by atoms with Crippen molar-refractivity contribution in [2.24, 2.45) is 17.4 Å². The van der Waals surface area contributed by atoms with Crippen molar-refractivity contribution in [1.29, 1.82) is 0 Å². The number of carbonyl (C=O) groups is 4. The highest BCUT2D eigenvalue weighted by molar-refractivity contribution is 5.94. The molecule has 2 aromatic carbocycles. The molecule has 3 amide bonds. The van der Waals surface area contributed by atoms with E-state index in [1.54, 1.807) is 0 Å². The zero-order valence-electron chi connectivity index (χ0n) is 22.6. The molecule has 2 rings (SSSR count). The van der Waals surface area contributed by atoms with Gasteiger partial charge in [-0.05, 0) is 49.3 Å². The summed E-state index contributed by atoms with van der Waals surface area (Å²) < 4.78 is 0. The molecule has 0 saturated carbocycles. The van der Waals surface area contributed by atoms with Gasteiger partial charge >= 0.3 is 5.97 Å². The molecule has 0 fully saturated rings. The van der Waals surface area contributed by atoms with Gasteiger partial charge in [0, 0.05) is 6.42 Å². The van der Waals surface area contributed by atoms with E-state index in [0.717, 1.165) is 11.1 Å². The summed E-state index contributed by atoms with van der Waals surface area (Å²) in [5.41, 5.74) is 13.4. The van der Waals surface area contributed by atoms with Gasteiger partial charge in [-0.15, -0.1) is 0 Å². The molecule has 0 aliphatic heterocycles. The van der Waals surface area contributed by atoms with Gasteiger partial charge in [0.15, 0.2) is 0 Å². The van der Waals surface area contributed by atoms with E-state index in [-0.39, 0.29) is 25.2 Å². The summed E-state index contributed by atoms with van der Waals surface area (Å²) >= 11 is 0. The average Bonchev–Trinajstić information content (AvgIpc) is 2.90. The van der Waals surface area contributed by atoms with Crippen LogP contribution in [0.15, 0.2) is 60.7 Å². The Morgan fingerprint density at radius 3 is 1.74 bits per heavy atom. The molecule has 0 aliphatic rings. The van der Waals surface area contributed by atoms with Crippen LogP contribution in [0.3, 0.4) is 0 Å². The molecular formula is C29H41N5O5. The van der Waals surface area contributed by atoms with Crippen LogP contribution >= 0.6 is 0 Å². The Kier molecular flexibility index (Phi) is 13.1. The quantitative estimate of drug-likeness (QED) is 0.185. The van der Waals surface area contributed by atoms with Crippen molar-refractivity contribution >= 4 is 23.7 Å². The number of nitrogens with one attached hydrogen (secondary N) is 3. The Morgan fingerprint density at radius 1 is 0.744 bits per heavy atom. The first-order chi connectivity index (χ1) is 18.6. The molecule has 0 aromatic heterocycles. The van der Waals surface area contributed by atoms with Crippen LogP contribution in [0, 0.1) is 5.92 Å². The van der Waals surface area contributed by atoms with Gasteiger partial charge in [-0.2, -0.15) is 0 Å². The Bertz CT molecular complexity index is 1060. The van der Waals surface area contributed by atoms with Crippen molar-refractivity contribution in [1.82, 2.24) is 16.0 Å². The van der Waals surface area contributed by atoms with Crippen LogP contribution in [0.5, 0.6) is 0 Å². The Labute approximate surface area is 229 Å². The van der Waals surface area contributed by atoms with Crippen molar-refractivity contribution in [2.75, 3.05) is 6.54 Å². The predicted molar refractivity (Wildman–Crippen MR) is 149 cm³/mol. The molecule has 212 valence electrons. The van der Waals surface area contributed by atoms with E-state index >= 15 is 0 Å². The van der Waals surface area contributed by atoms with Crippen LogP contribution in [0.1, 0.15) is 44.2 Å². The largest absolute Gasteiger partial charge is 0.480 e. The number of hydrogen-bond donors (Lipinski definition) is 6. The van der Waals surface area contributed by atoms with Gasteiger partial charge in [0.1, 0.15) is 18.1 Å². The van der Waals surface area contributed by atoms with Gasteiger partial charge in [0.25, 0.3) is 0 Å². The Morgan fingerprint density at radius 2 is 1.23 bits per heavy atom. The summed E-state index contributed by atoms with van der Waals surface area (Å²) in [6, 6.07) is 14.5. The highest BCUT2D eigenvalue weighted by Gasteiger charge is 2.30. The predicted octanol–water partition coefficient (Wildman–Crippen LogP) is 1.12. The number of amides is 3. The smallest absolute Gasteiger partial charge is 0.326 e. The van der Waals surface area contributed by atoms with Crippen molar-refractivity contribution in [3.05, 3.63) is 71.8 Å². The highest BCUT2D eigenvalue weighted by atomic mass is 16.4. The first kappa shape index (κ1) is 31.5. The molecule has 39 heavy (non-hydrogen) atoms. The van der Waals surface area contributed by atoms with E-state index in [1.165, 1.54) is 0 Å². The first-order valence-corrected chi connectivity index (χ1v) is 13.3. The second kappa shape index (κ2) is 16.3. The van der Waals surface area contributed by atoms with Crippen LogP contribution in [-0.2, 0) is 32.0 Å². The fraction of sp³-hybridized carbons (Fsp3) is 0.448. The molecule has 8 N–H and O–H groups in total. The monoisotopic (exact) mass is 539 g/mol. The van der Waals surface area contributed by atoms with Crippen molar-refractivity contribution in [3.63, 3.8) is 0 Å². The lowest BCUT2D eigenvalue weighted by Gasteiger charge is -2.26. The van der Waals surface area contributed by atoms with Crippen LogP contribution in [0.25, 0.3) is 0 Å². The van der Waals surface area contributed by atoms with Crippen LogP contribution in [-0.4, -0.2) is 59.5 Å². The number of carbonyl (C=O) groups excluding carboxylic acids is 3. The fourth-order valence-corrected chi connectivity index (χ4v) is 4.13. The minimum atomic E-state index is -1.17. The number of hydrogen-bond acceptors (Lipinski definition) is 6. The number of aliphatic carboxylic acids is 1. The number of carboxylic acids is 1. The SMILES string of the molecule is CC(C)C[C@@H](NC(=O)[C@@H](Cc1ccccc1)NC(=O)[C@H](N)Cc1ccccc1)C(=O)N[C@H](CCCN)C(=O)O. The van der Waals surface area contributed by atoms with E-state index < -0.39 is 47.9 Å². The minimum absolute atomic E-state index is 0.0230. The second-order valence-electron chi connectivity index (χ2n) is 10.1. The lowest BCUT2D eigenvalue weighted by molar-refractivity contribution is -0.142. The van der Waals surface area contributed by atoms with E-state index in [9.17, 15) is 24.3 Å². The average molecular weight is 540 g/mol. The van der Waals surface area contributed by atoms with Crippen LogP contribution in [0.4, 0.5) is 0 Å². The summed E-state index contributed by atoms with van der Waals surface area (Å²) in [7, 11) is 0. The van der Waals surface area contributed by atoms with Gasteiger partial charge in [-0.1, -0.05) is 74.5 Å². The molecule has 0 unspecified atom stereocenters. The van der Waals surface area contributed by atoms with Crippen LogP contribution < -0.4 is 27.4 Å². The summed E-state index contributed by atoms with van der Waals surface area (Å²) in [5, 5.41) is 17.5. The van der Waals surface area contributed by atoms with Gasteiger partial charge in [-0.25, -0.2) is 4.79 Å². The molecule has 4 atom stereocenters. The van der Waals surface area contributed by atoms with E-state index in [1.807, 2.05) is 74.5 Å². The summed E-state index contributed by atoms with van der Waals surface area (Å²) in [6.45, 7) is 4.07. The maximum absolute atomic E-state index is 13.5. The lowest BCUT2D eigenvalue weighted by Crippen LogP contribution is -2.58. The number of nitrogens with two attached hydrogens (primary N) is 2. The normalized spacial score (nSPS) is 14.1. The zero-order valence-corrected chi connectivity index (χ0v) is 22.6. The fourth-order valence-electron chi connectivity index (χ4n) is 4.13. The van der Waals surface area contributed by atoms with E-state index in [4.69, 9.17) is 11.5 Å². The summed E-state index contributed by atoms with van der Waals surface area (Å²) in [4.78, 5) is 51.2. The van der Waals surface area contributed by atoms with Gasteiger partial charge in [0.2, 0.25) is 17.7 Å². The second-order valence-corrected chi connectivity index (χ2v) is 10.1. The highest BCUT2D eigenvalue weighted by Crippen LogP contribution is 2.10. The van der Waals surface area contributed by atoms with Gasteiger partial charge < -0.3 is 32.5 Å². The maximum Gasteiger partial charge on any atom is 0.326 e. The minimum Gasteiger partial charge on any atom is -0.480 e. The molecule has 0 heterocycles. The standard InChI is InChI=1S/C29H41N5O5/c1-19(2)16-24(27(36)32-23(29(38)39)14-9-15-30)34-28(37)25(18-21-12-7-4-8-13-21)33-26(35)22(31)17-20-10-5-3-6-11-20/h3-8,10-13,19,22-25H,9,14-18,30-31H2,1-2H3,(H,32,36)(H,33,35)(H,34,37)(H,38,39)/t22-,23-,24-,25-/m1/s1. The third kappa shape index (κ3) is 11.3. The third-order valence-electron chi connectivity index (χ3n) is 6.20. The molecule has 0 bridgehead atoms. The topological polar surface area (TPSA) is 177 Å². The van der Waals surface area contributed by atoms with Crippen molar-refractivity contribution in [3.8, 4) is 0 Å². The molecule has 0 radical (unpaired) electrons. The molecule has 10 heteroatoms. The zero-order chi connectivity index (χ0) is 28.8. The van der Waals surface area contributed by atoms with Crippen molar-refractivity contribution in [2.45, 2.75) is 70.1 Å². The molecule has 0 saturated heterocycles. The number of benzene rings is 2. The summed E-state index contributed by atoms with van der Waals surface area (Å²) in [6.07, 6.45) is 1.35. The number of carboxylic acid groups (broad SMARTS) is 1. The third-order valence-corrected chi connectivity index (χ3v) is 6.20. The molecule has 0 spiro atoms. The Balaban J connectivity index is 2.19. The maximum atomic E-state index is 13.5. The summed E-state index contributed by atoms with van der Waals surface area (Å²) in [5.74, 6) is -2.81. The first-order valence-electron chi connectivity index (χ1n) is 13.3. The lowest BCUT2D eigenvalue weighted by atomic mass is 10.00. The van der Waals surface area contributed by atoms with Crippen LogP contribution in [0.2, 0.25) is 0 Å². The number of rotatable bonds is 16. The molecule has 0 aliphatic carbocycles. The van der Waals surface area contributed by atoms with Gasteiger partial charge in [-0.3, -0.25) is 14.4 Å². The Hall–Kier alpha value is -3.76. The molecule has 10 nitrogen and oxygen atoms in total. The van der Waals surface area contributed by atoms with E-state index in [0.29, 0.717) is 19.4 Å². The van der Waals surface area contributed by atoms with Crippen molar-refractivity contribution < 1.29 is 24.3 Å².